The second kappa shape index (κ2) is 10.3. The first-order valence-corrected chi connectivity index (χ1v) is 10.6. The number of likely N-dealkylation sites (tertiary alicyclic amines) is 1. The molecule has 1 unspecified atom stereocenters. The van der Waals surface area contributed by atoms with Crippen LogP contribution in [0.15, 0.2) is 29.3 Å². The number of fused-ring (bicyclic) bond motifs is 1. The predicted molar refractivity (Wildman–Crippen MR) is 114 cm³/mol. The van der Waals surface area contributed by atoms with Gasteiger partial charge in [-0.2, -0.15) is 0 Å². The topological polar surface area (TPSA) is 74.2 Å². The van der Waals surface area contributed by atoms with E-state index < -0.39 is 0 Å². The number of benzene rings is 1. The number of esters is 1. The minimum atomic E-state index is -0.121. The van der Waals surface area contributed by atoms with E-state index in [9.17, 15) is 9.59 Å². The molecule has 2 aliphatic heterocycles. The number of nitrogens with one attached hydrogen (secondary N) is 1. The Kier molecular flexibility index (Phi) is 7.49. The second-order valence-corrected chi connectivity index (χ2v) is 7.54. The highest BCUT2D eigenvalue weighted by molar-refractivity contribution is 5.95. The van der Waals surface area contributed by atoms with Gasteiger partial charge in [0.1, 0.15) is 0 Å². The Hall–Kier alpha value is -2.57. The summed E-state index contributed by atoms with van der Waals surface area (Å²) < 4.78 is 5.17. The molecule has 1 atom stereocenters. The molecule has 1 fully saturated rings. The minimum Gasteiger partial charge on any atom is -0.466 e. The zero-order valence-corrected chi connectivity index (χ0v) is 17.5. The van der Waals surface area contributed by atoms with E-state index in [-0.39, 0.29) is 17.8 Å². The SMILES string of the molecule is CCOC(=O)C1CCCN(C(=NC)NCCCC(=O)N2CCc3ccccc32)C1. The lowest BCUT2D eigenvalue weighted by Gasteiger charge is -2.34. The molecule has 1 aromatic carbocycles. The van der Waals surface area contributed by atoms with Gasteiger partial charge in [-0.1, -0.05) is 18.2 Å². The molecule has 1 saturated heterocycles. The van der Waals surface area contributed by atoms with Crippen LogP contribution < -0.4 is 10.2 Å². The van der Waals surface area contributed by atoms with Gasteiger partial charge in [0.15, 0.2) is 5.96 Å². The third-order valence-corrected chi connectivity index (χ3v) is 5.59. The Balaban J connectivity index is 1.43. The van der Waals surface area contributed by atoms with Crippen molar-refractivity contribution in [1.29, 1.82) is 0 Å². The minimum absolute atomic E-state index is 0.0981. The largest absolute Gasteiger partial charge is 0.466 e. The highest BCUT2D eigenvalue weighted by Crippen LogP contribution is 2.28. The molecule has 1 N–H and O–H groups in total. The third-order valence-electron chi connectivity index (χ3n) is 5.59. The Labute approximate surface area is 173 Å². The Bertz CT molecular complexity index is 749. The van der Waals surface area contributed by atoms with Gasteiger partial charge in [-0.25, -0.2) is 0 Å². The fourth-order valence-corrected chi connectivity index (χ4v) is 4.13. The van der Waals surface area contributed by atoms with E-state index in [4.69, 9.17) is 4.74 Å². The maximum atomic E-state index is 12.6. The highest BCUT2D eigenvalue weighted by Gasteiger charge is 2.28. The van der Waals surface area contributed by atoms with Gasteiger partial charge in [-0.3, -0.25) is 14.6 Å². The molecule has 29 heavy (non-hydrogen) atoms. The average Bonchev–Trinajstić information content (AvgIpc) is 3.18. The van der Waals surface area contributed by atoms with Crippen molar-refractivity contribution < 1.29 is 14.3 Å². The number of hydrogen-bond acceptors (Lipinski definition) is 4. The number of amides is 1. The van der Waals surface area contributed by atoms with Crippen LogP contribution in [0.4, 0.5) is 5.69 Å². The Morgan fingerprint density at radius 1 is 1.28 bits per heavy atom. The summed E-state index contributed by atoms with van der Waals surface area (Å²) in [6.45, 7) is 5.20. The number of nitrogens with zero attached hydrogens (tertiary/aromatic N) is 3. The molecule has 0 spiro atoms. The number of carbonyl (C=O) groups is 2. The maximum Gasteiger partial charge on any atom is 0.310 e. The van der Waals surface area contributed by atoms with Crippen molar-refractivity contribution in [3.63, 3.8) is 0 Å². The molecule has 0 radical (unpaired) electrons. The van der Waals surface area contributed by atoms with Crippen molar-refractivity contribution in [3.05, 3.63) is 29.8 Å². The van der Waals surface area contributed by atoms with Gasteiger partial charge in [0.25, 0.3) is 0 Å². The van der Waals surface area contributed by atoms with Crippen LogP contribution in [0, 0.1) is 5.92 Å². The monoisotopic (exact) mass is 400 g/mol. The van der Waals surface area contributed by atoms with Gasteiger partial charge in [0.2, 0.25) is 5.91 Å². The fraction of sp³-hybridized carbons (Fsp3) is 0.591. The smallest absolute Gasteiger partial charge is 0.310 e. The number of aliphatic imine (C=N–C) groups is 1. The number of anilines is 1. The number of ether oxygens (including phenoxy) is 1. The van der Waals surface area contributed by atoms with Gasteiger partial charge >= 0.3 is 5.97 Å². The lowest BCUT2D eigenvalue weighted by molar-refractivity contribution is -0.149. The van der Waals surface area contributed by atoms with E-state index in [2.05, 4.69) is 21.3 Å². The summed E-state index contributed by atoms with van der Waals surface area (Å²) in [4.78, 5) is 33.0. The van der Waals surface area contributed by atoms with E-state index in [0.29, 0.717) is 26.1 Å². The summed E-state index contributed by atoms with van der Waals surface area (Å²) in [6, 6.07) is 8.13. The van der Waals surface area contributed by atoms with Crippen LogP contribution in [0.1, 0.15) is 38.2 Å². The van der Waals surface area contributed by atoms with Crippen LogP contribution >= 0.6 is 0 Å². The van der Waals surface area contributed by atoms with Crippen molar-refractivity contribution >= 4 is 23.5 Å². The molecule has 7 nitrogen and oxygen atoms in total. The maximum absolute atomic E-state index is 12.6. The van der Waals surface area contributed by atoms with Crippen LogP contribution in [0.25, 0.3) is 0 Å². The molecule has 3 rings (SSSR count). The number of guanidine groups is 1. The summed E-state index contributed by atoms with van der Waals surface area (Å²) in [6.07, 6.45) is 3.98. The highest BCUT2D eigenvalue weighted by atomic mass is 16.5. The number of para-hydroxylation sites is 1. The second-order valence-electron chi connectivity index (χ2n) is 7.54. The summed E-state index contributed by atoms with van der Waals surface area (Å²) in [5, 5.41) is 3.35. The first-order valence-electron chi connectivity index (χ1n) is 10.6. The first kappa shape index (κ1) is 21.1. The molecule has 158 valence electrons. The third kappa shape index (κ3) is 5.28. The molecule has 1 amide bonds. The lowest BCUT2D eigenvalue weighted by Crippen LogP contribution is -2.48. The van der Waals surface area contributed by atoms with Crippen LogP contribution in [-0.2, 0) is 20.7 Å². The van der Waals surface area contributed by atoms with Crippen molar-refractivity contribution in [2.24, 2.45) is 10.9 Å². The van der Waals surface area contributed by atoms with E-state index in [1.54, 1.807) is 7.05 Å². The number of rotatable bonds is 6. The van der Waals surface area contributed by atoms with Crippen molar-refractivity contribution in [3.8, 4) is 0 Å². The quantitative estimate of drug-likeness (QED) is 0.343. The normalized spacial score (nSPS) is 19.1. The van der Waals surface area contributed by atoms with Gasteiger partial charge < -0.3 is 19.9 Å². The standard InChI is InChI=1S/C22H32N4O3/c1-3-29-21(28)18-9-7-14-25(16-18)22(23-2)24-13-6-11-20(27)26-15-12-17-8-4-5-10-19(17)26/h4-5,8,10,18H,3,6-7,9,11-16H2,1-2H3,(H,23,24). The van der Waals surface area contributed by atoms with E-state index >= 15 is 0 Å². The predicted octanol–water partition coefficient (Wildman–Crippen LogP) is 2.21. The first-order chi connectivity index (χ1) is 14.1. The van der Waals surface area contributed by atoms with Crippen LogP contribution in [0.2, 0.25) is 0 Å². The molecule has 1 aromatic rings. The van der Waals surface area contributed by atoms with Crippen molar-refractivity contribution in [2.45, 2.75) is 39.0 Å². The molecular weight excluding hydrogens is 368 g/mol. The molecule has 0 aliphatic carbocycles. The Morgan fingerprint density at radius 2 is 2.10 bits per heavy atom. The molecule has 0 saturated carbocycles. The molecule has 0 bridgehead atoms. The van der Waals surface area contributed by atoms with E-state index in [1.807, 2.05) is 30.0 Å². The van der Waals surface area contributed by atoms with Gasteiger partial charge in [-0.15, -0.1) is 0 Å². The average molecular weight is 401 g/mol. The van der Waals surface area contributed by atoms with E-state index in [1.165, 1.54) is 5.56 Å². The number of piperidine rings is 1. The van der Waals surface area contributed by atoms with Gasteiger partial charge in [0, 0.05) is 45.3 Å². The van der Waals surface area contributed by atoms with Crippen LogP contribution in [-0.4, -0.2) is 62.6 Å². The van der Waals surface area contributed by atoms with Crippen LogP contribution in [0.3, 0.4) is 0 Å². The zero-order valence-electron chi connectivity index (χ0n) is 17.5. The summed E-state index contributed by atoms with van der Waals surface area (Å²) >= 11 is 0. The fourth-order valence-electron chi connectivity index (χ4n) is 4.13. The number of carbonyl (C=O) groups excluding carboxylic acids is 2. The molecule has 2 aliphatic rings. The van der Waals surface area contributed by atoms with Crippen LogP contribution in [0.5, 0.6) is 0 Å². The lowest BCUT2D eigenvalue weighted by atomic mass is 9.98. The Morgan fingerprint density at radius 3 is 2.90 bits per heavy atom. The summed E-state index contributed by atoms with van der Waals surface area (Å²) in [5.74, 6) is 0.744. The van der Waals surface area contributed by atoms with E-state index in [0.717, 1.165) is 50.4 Å². The zero-order chi connectivity index (χ0) is 20.6. The summed E-state index contributed by atoms with van der Waals surface area (Å²) in [7, 11) is 1.75. The molecule has 2 heterocycles. The molecule has 0 aromatic heterocycles. The number of hydrogen-bond donors (Lipinski definition) is 1. The summed E-state index contributed by atoms with van der Waals surface area (Å²) in [5.41, 5.74) is 2.31. The van der Waals surface area contributed by atoms with Gasteiger partial charge in [-0.05, 0) is 44.2 Å². The van der Waals surface area contributed by atoms with Crippen molar-refractivity contribution in [2.75, 3.05) is 44.7 Å². The molecular formula is C22H32N4O3. The molecule has 7 heteroatoms. The van der Waals surface area contributed by atoms with Crippen molar-refractivity contribution in [1.82, 2.24) is 10.2 Å². The van der Waals surface area contributed by atoms with Gasteiger partial charge in [0.05, 0.1) is 12.5 Å².